The van der Waals surface area contributed by atoms with E-state index in [0.29, 0.717) is 0 Å². The van der Waals surface area contributed by atoms with E-state index < -0.39 is 0 Å². The van der Waals surface area contributed by atoms with E-state index in [9.17, 15) is 0 Å². The Morgan fingerprint density at radius 2 is 1.50 bits per heavy atom. The molecule has 0 aromatic carbocycles. The third-order valence-corrected chi connectivity index (χ3v) is 2.09. The van der Waals surface area contributed by atoms with Gasteiger partial charge in [-0.1, -0.05) is 13.8 Å². The van der Waals surface area contributed by atoms with Gasteiger partial charge in [0.2, 0.25) is 0 Å². The Morgan fingerprint density at radius 3 is 1.75 bits per heavy atom. The topological polar surface area (TPSA) is 0 Å². The monoisotopic (exact) mass is 126 g/mol. The van der Waals surface area contributed by atoms with Crippen LogP contribution in [0.2, 0.25) is 0 Å². The molecule has 46 valence electrons. The maximum absolute atomic E-state index is 2.22. The molecule has 0 aromatic heterocycles. The van der Waals surface area contributed by atoms with E-state index >= 15 is 0 Å². The molecule has 0 aliphatic rings. The Bertz CT molecular complexity index is 32.2. The molecule has 0 aliphatic carbocycles. The summed E-state index contributed by atoms with van der Waals surface area (Å²) in [6.07, 6.45) is 2.65. The fraction of sp³-hybridized carbons (Fsp3) is 1.00. The number of hydrogen-bond donors (Lipinski definition) is 0. The summed E-state index contributed by atoms with van der Waals surface area (Å²) in [5.41, 5.74) is 0. The number of thioether (sulfide) groups is 1. The van der Waals surface area contributed by atoms with Gasteiger partial charge in [-0.25, -0.2) is 0 Å². The second kappa shape index (κ2) is 10.8. The zero-order valence-electron chi connectivity index (χ0n) is 7.24. The minimum atomic E-state index is 0. The summed E-state index contributed by atoms with van der Waals surface area (Å²) in [7, 11) is 0. The molecule has 0 spiro atoms. The Hall–Kier alpha value is 0.947. The van der Waals surface area contributed by atoms with E-state index in [1.165, 1.54) is 24.3 Å². The molecule has 0 saturated heterocycles. The van der Waals surface area contributed by atoms with Gasteiger partial charge in [0.05, 0.1) is 0 Å². The molecule has 0 rings (SSSR count). The first-order valence-electron chi connectivity index (χ1n) is 2.99. The molecular weight excluding hydrogens is 111 g/mol. The summed E-state index contributed by atoms with van der Waals surface area (Å²) in [6, 6.07) is 0. The van der Waals surface area contributed by atoms with Gasteiger partial charge in [0.25, 0.3) is 0 Å². The summed E-state index contributed by atoms with van der Waals surface area (Å²) in [5.74, 6) is 2.68. The fourth-order valence-corrected chi connectivity index (χ4v) is 1.17. The van der Waals surface area contributed by atoms with Crippen LogP contribution < -0.4 is 18.9 Å². The first-order valence-corrected chi connectivity index (χ1v) is 4.15. The van der Waals surface area contributed by atoms with E-state index in [0.717, 1.165) is 0 Å². The summed E-state index contributed by atoms with van der Waals surface area (Å²) >= 11 is 2.05. The molecule has 0 saturated carbocycles. The molecule has 0 radical (unpaired) electrons. The average Bonchev–Trinajstić information content (AvgIpc) is 1.69. The van der Waals surface area contributed by atoms with Gasteiger partial charge in [-0.05, 0) is 24.3 Å². The smallest absolute Gasteiger partial charge is 1.00 e. The molecule has 0 unspecified atom stereocenters. The van der Waals surface area contributed by atoms with Crippen LogP contribution in [0.3, 0.4) is 0 Å². The van der Waals surface area contributed by atoms with Crippen LogP contribution >= 0.6 is 11.8 Å². The second-order valence-electron chi connectivity index (χ2n) is 1.61. The second-order valence-corrected chi connectivity index (χ2v) is 2.84. The third kappa shape index (κ3) is 10.0. The van der Waals surface area contributed by atoms with E-state index in [-0.39, 0.29) is 20.3 Å². The molecule has 0 amide bonds. The van der Waals surface area contributed by atoms with Gasteiger partial charge in [0.1, 0.15) is 0 Å². The molecule has 0 heterocycles. The van der Waals surface area contributed by atoms with E-state index in [2.05, 4.69) is 25.6 Å². The first-order chi connectivity index (χ1) is 3.41. The van der Waals surface area contributed by atoms with Gasteiger partial charge in [-0.15, -0.1) is 0 Å². The molecule has 2 heteroatoms. The summed E-state index contributed by atoms with van der Waals surface area (Å²) < 4.78 is 0. The van der Waals surface area contributed by atoms with Crippen molar-refractivity contribution in [1.29, 1.82) is 0 Å². The van der Waals surface area contributed by atoms with Crippen LogP contribution in [-0.2, 0) is 0 Å². The van der Waals surface area contributed by atoms with Crippen molar-refractivity contribution in [3.8, 4) is 0 Å². The maximum Gasteiger partial charge on any atom is 1.00 e. The van der Waals surface area contributed by atoms with Crippen LogP contribution in [0.5, 0.6) is 0 Å². The summed E-state index contributed by atoms with van der Waals surface area (Å²) in [6.45, 7) is 4.45. The molecule has 0 aliphatic heterocycles. The molecule has 0 atom stereocenters. The van der Waals surface area contributed by atoms with Gasteiger partial charge in [-0.2, -0.15) is 11.8 Å². The average molecular weight is 126 g/mol. The molecule has 0 aromatic rings. The van der Waals surface area contributed by atoms with Gasteiger partial charge >= 0.3 is 18.9 Å². The minimum absolute atomic E-state index is 0. The van der Waals surface area contributed by atoms with Crippen LogP contribution in [-0.4, -0.2) is 11.5 Å². The van der Waals surface area contributed by atoms with Gasteiger partial charge in [0, 0.05) is 0 Å². The largest absolute Gasteiger partial charge is 1.00 e. The van der Waals surface area contributed by atoms with Crippen molar-refractivity contribution >= 4 is 11.8 Å². The van der Waals surface area contributed by atoms with Crippen molar-refractivity contribution < 1.29 is 20.3 Å². The van der Waals surface area contributed by atoms with Gasteiger partial charge in [-0.3, -0.25) is 0 Å². The minimum Gasteiger partial charge on any atom is -1.00 e. The Kier molecular flexibility index (Phi) is 15.9. The number of hydrogen-bond acceptors (Lipinski definition) is 1. The Balaban J connectivity index is -0.000000180. The van der Waals surface area contributed by atoms with E-state index in [1.807, 2.05) is 0 Å². The van der Waals surface area contributed by atoms with Gasteiger partial charge in [0.15, 0.2) is 0 Å². The van der Waals surface area contributed by atoms with Crippen molar-refractivity contribution in [2.24, 2.45) is 0 Å². The zero-order chi connectivity index (χ0) is 5.54. The first kappa shape index (κ1) is 11.7. The van der Waals surface area contributed by atoms with Crippen molar-refractivity contribution in [1.82, 2.24) is 0 Å². The molecule has 0 nitrogen and oxygen atoms in total. The fourth-order valence-electron chi connectivity index (χ4n) is 0.391. The molecule has 0 N–H and O–H groups in total. The summed E-state index contributed by atoms with van der Waals surface area (Å²) in [5, 5.41) is 0. The van der Waals surface area contributed by atoms with Crippen LogP contribution in [0.1, 0.15) is 28.1 Å². The SMILES string of the molecule is CCCSCCC.[H-].[Li+]. The maximum atomic E-state index is 2.22. The van der Waals surface area contributed by atoms with Crippen LogP contribution in [0.15, 0.2) is 0 Å². The quantitative estimate of drug-likeness (QED) is 0.367. The van der Waals surface area contributed by atoms with Crippen molar-refractivity contribution in [2.45, 2.75) is 26.7 Å². The molecule has 0 bridgehead atoms. The summed E-state index contributed by atoms with van der Waals surface area (Å²) in [4.78, 5) is 0. The normalized spacial score (nSPS) is 8.25. The molecule has 0 fully saturated rings. The predicted molar refractivity (Wildman–Crippen MR) is 39.0 cm³/mol. The molecule has 8 heavy (non-hydrogen) atoms. The van der Waals surface area contributed by atoms with Crippen molar-refractivity contribution in [2.75, 3.05) is 11.5 Å². The van der Waals surface area contributed by atoms with Crippen LogP contribution in [0.4, 0.5) is 0 Å². The van der Waals surface area contributed by atoms with Gasteiger partial charge < -0.3 is 1.43 Å². The van der Waals surface area contributed by atoms with Crippen LogP contribution in [0.25, 0.3) is 0 Å². The van der Waals surface area contributed by atoms with Crippen LogP contribution in [0, 0.1) is 0 Å². The zero-order valence-corrected chi connectivity index (χ0v) is 7.05. The van der Waals surface area contributed by atoms with Crippen molar-refractivity contribution in [3.63, 3.8) is 0 Å². The standard InChI is InChI=1S/C6H14S.Li.H/c1-3-5-7-6-4-2;;/h3-6H2,1-2H3;;/q;+1;-1. The van der Waals surface area contributed by atoms with E-state index in [1.54, 1.807) is 0 Å². The van der Waals surface area contributed by atoms with Crippen molar-refractivity contribution in [3.05, 3.63) is 0 Å². The van der Waals surface area contributed by atoms with E-state index in [4.69, 9.17) is 0 Å². The third-order valence-electron chi connectivity index (χ3n) is 0.697. The Labute approximate surface area is 70.5 Å². The molecular formula is C6H15LiS. The number of rotatable bonds is 4. The predicted octanol–water partition coefficient (Wildman–Crippen LogP) is -0.344. The Morgan fingerprint density at radius 1 is 1.12 bits per heavy atom.